The molecular formula is C64H51BF3N3O. The predicted molar refractivity (Wildman–Crippen MR) is 294 cm³/mol. The van der Waals surface area contributed by atoms with Crippen LogP contribution in [-0.2, 0) is 6.18 Å². The molecule has 0 amide bonds. The monoisotopic (exact) mass is 945 g/mol. The zero-order valence-corrected chi connectivity index (χ0v) is 41.0. The summed E-state index contributed by atoms with van der Waals surface area (Å²) in [5.41, 5.74) is 14.9. The lowest BCUT2D eigenvalue weighted by Gasteiger charge is -2.32. The Balaban J connectivity index is 1.20. The van der Waals surface area contributed by atoms with E-state index in [2.05, 4.69) is 189 Å². The van der Waals surface area contributed by atoms with E-state index in [1.165, 1.54) is 34.3 Å². The first-order chi connectivity index (χ1) is 34.9. The molecule has 0 radical (unpaired) electrons. The molecular weight excluding hydrogens is 895 g/mol. The fourth-order valence-electron chi connectivity index (χ4n) is 12.1. The number of aromatic nitrogens is 3. The summed E-state index contributed by atoms with van der Waals surface area (Å²) >= 11 is 0. The van der Waals surface area contributed by atoms with Crippen LogP contribution in [0.4, 0.5) is 13.2 Å². The molecule has 352 valence electrons. The lowest BCUT2D eigenvalue weighted by molar-refractivity contribution is -0.137. The molecule has 3 aromatic heterocycles. The third-order valence-corrected chi connectivity index (χ3v) is 15.3. The second-order valence-corrected chi connectivity index (χ2v) is 20.5. The van der Waals surface area contributed by atoms with Crippen molar-refractivity contribution in [3.05, 3.63) is 204 Å². The first kappa shape index (κ1) is 44.0. The summed E-state index contributed by atoms with van der Waals surface area (Å²) in [5, 5.41) is 5.97. The van der Waals surface area contributed by atoms with Crippen LogP contribution in [-0.4, -0.2) is 20.4 Å². The molecule has 0 saturated carbocycles. The third kappa shape index (κ3) is 6.47. The van der Waals surface area contributed by atoms with Crippen molar-refractivity contribution in [3.63, 3.8) is 0 Å². The maximum Gasteiger partial charge on any atom is 0.416 e. The van der Waals surface area contributed by atoms with Gasteiger partial charge in [-0.3, -0.25) is 0 Å². The number of para-hydroxylation sites is 5. The molecule has 9 aromatic carbocycles. The normalized spacial score (nSPS) is 13.0. The fraction of sp³-hybridized carbons (Fsp3) is 0.156. The number of ether oxygens (including phenoxy) is 1. The molecule has 0 fully saturated rings. The van der Waals surface area contributed by atoms with E-state index in [1.54, 1.807) is 6.07 Å². The van der Waals surface area contributed by atoms with E-state index >= 15 is 0 Å². The van der Waals surface area contributed by atoms with Gasteiger partial charge in [-0.1, -0.05) is 162 Å². The van der Waals surface area contributed by atoms with Crippen molar-refractivity contribution in [1.82, 2.24) is 13.7 Å². The fourth-order valence-corrected chi connectivity index (χ4v) is 12.1. The number of halogens is 3. The molecule has 0 atom stereocenters. The van der Waals surface area contributed by atoms with Gasteiger partial charge in [0.2, 0.25) is 0 Å². The summed E-state index contributed by atoms with van der Waals surface area (Å²) < 4.78 is 58.0. The molecule has 0 spiro atoms. The molecule has 8 heteroatoms. The van der Waals surface area contributed by atoms with Crippen molar-refractivity contribution < 1.29 is 17.9 Å². The Morgan fingerprint density at radius 3 is 1.40 bits per heavy atom. The molecule has 4 heterocycles. The molecule has 12 aromatic rings. The van der Waals surface area contributed by atoms with Crippen molar-refractivity contribution >= 4 is 88.5 Å². The summed E-state index contributed by atoms with van der Waals surface area (Å²) in [4.78, 5) is 0. The van der Waals surface area contributed by atoms with Crippen LogP contribution in [0.2, 0.25) is 0 Å². The predicted octanol–water partition coefficient (Wildman–Crippen LogP) is 16.0. The third-order valence-electron chi connectivity index (χ3n) is 15.3. The molecule has 1 aliphatic heterocycles. The minimum atomic E-state index is -4.54. The number of hydrogen-bond donors (Lipinski definition) is 0. The van der Waals surface area contributed by atoms with Crippen molar-refractivity contribution in [2.45, 2.75) is 65.5 Å². The number of benzene rings is 9. The van der Waals surface area contributed by atoms with Gasteiger partial charge in [-0.25, -0.2) is 0 Å². The van der Waals surface area contributed by atoms with Crippen LogP contribution in [0.5, 0.6) is 11.5 Å². The lowest BCUT2D eigenvalue weighted by Crippen LogP contribution is -2.57. The van der Waals surface area contributed by atoms with Gasteiger partial charge in [0.05, 0.1) is 38.7 Å². The topological polar surface area (TPSA) is 24.0 Å². The molecule has 0 unspecified atom stereocenters. The van der Waals surface area contributed by atoms with Crippen LogP contribution in [0, 0.1) is 0 Å². The van der Waals surface area contributed by atoms with Gasteiger partial charge >= 0.3 is 6.18 Å². The summed E-state index contributed by atoms with van der Waals surface area (Å²) in [6.45, 7) is 13.7. The number of fused-ring (bicyclic) bond motifs is 14. The van der Waals surface area contributed by atoms with E-state index in [4.69, 9.17) is 4.74 Å². The van der Waals surface area contributed by atoms with Crippen LogP contribution in [0.25, 0.3) is 82.5 Å². The standard InChI is InChI=1S/C64H51BF3N3O/c1-37(2)40-33-48(38(3)4)60(49(34-40)39(5)6)65-50-26-13-17-30-55(50)72-56-36-44(31-32-51(56)65)71-54-29-16-12-25-47(54)59-62-58(46-24-11-15-28-53(46)70(62)43-22-18-19-41(35-43)64(66,67)68)61-57(63(59)71)45-23-10-14-27-52(45)69(61)42-20-8-7-9-21-42/h7-39H,1-6H3. The number of nitrogens with zero attached hydrogens (tertiary/aromatic N) is 3. The van der Waals surface area contributed by atoms with Gasteiger partial charge in [-0.2, -0.15) is 13.2 Å². The van der Waals surface area contributed by atoms with E-state index in [0.717, 1.165) is 105 Å². The number of hydrogen-bond acceptors (Lipinski definition) is 1. The quantitative estimate of drug-likeness (QED) is 0.146. The van der Waals surface area contributed by atoms with E-state index in [0.29, 0.717) is 11.6 Å². The maximum atomic E-state index is 14.7. The van der Waals surface area contributed by atoms with E-state index in [-0.39, 0.29) is 18.5 Å². The summed E-state index contributed by atoms with van der Waals surface area (Å²) in [6, 6.07) is 61.4. The Kier molecular flexibility index (Phi) is 9.96. The smallest absolute Gasteiger partial charge is 0.416 e. The second-order valence-electron chi connectivity index (χ2n) is 20.5. The highest BCUT2D eigenvalue weighted by Gasteiger charge is 2.38. The van der Waals surface area contributed by atoms with Gasteiger partial charge < -0.3 is 18.4 Å². The largest absolute Gasteiger partial charge is 0.458 e. The molecule has 0 aliphatic carbocycles. The Hall–Kier alpha value is -7.97. The average molecular weight is 946 g/mol. The Bertz CT molecular complexity index is 4140. The van der Waals surface area contributed by atoms with Gasteiger partial charge in [0.15, 0.2) is 0 Å². The van der Waals surface area contributed by atoms with E-state index < -0.39 is 11.7 Å². The minimum absolute atomic E-state index is 0.0773. The van der Waals surface area contributed by atoms with E-state index in [1.807, 2.05) is 24.3 Å². The summed E-state index contributed by atoms with van der Waals surface area (Å²) in [5.74, 6) is 2.59. The Morgan fingerprint density at radius 1 is 0.417 bits per heavy atom. The summed E-state index contributed by atoms with van der Waals surface area (Å²) in [6.07, 6.45) is -4.54. The highest BCUT2D eigenvalue weighted by atomic mass is 19.4. The van der Waals surface area contributed by atoms with Crippen LogP contribution >= 0.6 is 0 Å². The molecule has 72 heavy (non-hydrogen) atoms. The first-order valence-electron chi connectivity index (χ1n) is 25.1. The summed E-state index contributed by atoms with van der Waals surface area (Å²) in [7, 11) is 0. The van der Waals surface area contributed by atoms with Crippen molar-refractivity contribution in [3.8, 4) is 28.6 Å². The number of rotatable bonds is 7. The first-order valence-corrected chi connectivity index (χ1v) is 25.1. The van der Waals surface area contributed by atoms with Gasteiger partial charge in [0.25, 0.3) is 6.71 Å². The molecule has 13 rings (SSSR count). The highest BCUT2D eigenvalue weighted by Crippen LogP contribution is 2.51. The van der Waals surface area contributed by atoms with Crippen molar-refractivity contribution in [1.29, 1.82) is 0 Å². The van der Waals surface area contributed by atoms with Gasteiger partial charge in [-0.05, 0) is 106 Å². The van der Waals surface area contributed by atoms with E-state index in [9.17, 15) is 13.2 Å². The molecule has 0 bridgehead atoms. The Labute approximate surface area is 416 Å². The van der Waals surface area contributed by atoms with Crippen molar-refractivity contribution in [2.24, 2.45) is 0 Å². The zero-order valence-electron chi connectivity index (χ0n) is 41.0. The maximum absolute atomic E-state index is 14.7. The van der Waals surface area contributed by atoms with Crippen LogP contribution in [0.1, 0.15) is 81.5 Å². The second kappa shape index (κ2) is 16.3. The number of alkyl halides is 3. The minimum Gasteiger partial charge on any atom is -0.458 e. The van der Waals surface area contributed by atoms with Gasteiger partial charge in [0.1, 0.15) is 11.5 Å². The van der Waals surface area contributed by atoms with Gasteiger partial charge in [-0.15, -0.1) is 0 Å². The van der Waals surface area contributed by atoms with Gasteiger partial charge in [0, 0.05) is 55.4 Å². The zero-order chi connectivity index (χ0) is 49.3. The Morgan fingerprint density at radius 2 is 0.875 bits per heavy atom. The molecule has 1 aliphatic rings. The lowest BCUT2D eigenvalue weighted by atomic mass is 9.34. The van der Waals surface area contributed by atoms with Crippen LogP contribution < -0.4 is 21.1 Å². The molecule has 0 saturated heterocycles. The highest BCUT2D eigenvalue weighted by molar-refractivity contribution is 6.97. The SMILES string of the molecule is CC(C)c1cc(C(C)C)c(B2c3ccccc3Oc3cc(-n4c5ccccc5c5c6c(c7ccccc7n6-c6cccc(C(F)(F)F)c6)c6c(c7ccccc7n6-c6ccccc6)c54)ccc32)c(C(C)C)c1. The molecule has 0 N–H and O–H groups in total. The van der Waals surface area contributed by atoms with Crippen molar-refractivity contribution in [2.75, 3.05) is 0 Å². The average Bonchev–Trinajstić information content (AvgIpc) is 4.03. The van der Waals surface area contributed by atoms with Crippen LogP contribution in [0.3, 0.4) is 0 Å². The van der Waals surface area contributed by atoms with Crippen LogP contribution in [0.15, 0.2) is 182 Å². The molecule has 4 nitrogen and oxygen atoms in total.